The Morgan fingerprint density at radius 1 is 1.18 bits per heavy atom. The van der Waals surface area contributed by atoms with Crippen LogP contribution in [0.25, 0.3) is 0 Å². The third-order valence-electron chi connectivity index (χ3n) is 5.00. The molecule has 4 rings (SSSR count). The van der Waals surface area contributed by atoms with Gasteiger partial charge in [-0.05, 0) is 24.6 Å². The Hall–Kier alpha value is -1.71. The molecule has 1 aromatic heterocycles. The van der Waals surface area contributed by atoms with E-state index in [1.807, 2.05) is 25.1 Å². The summed E-state index contributed by atoms with van der Waals surface area (Å²) in [6.07, 6.45) is -0.484. The van der Waals surface area contributed by atoms with Gasteiger partial charge in [0, 0.05) is 44.6 Å². The molecule has 0 saturated carbocycles. The fraction of sp³-hybridized carbons (Fsp3) is 0.550. The summed E-state index contributed by atoms with van der Waals surface area (Å²) in [7, 11) is 0. The minimum Gasteiger partial charge on any atom is -0.454 e. The van der Waals surface area contributed by atoms with Gasteiger partial charge in [0.2, 0.25) is 6.79 Å². The lowest BCUT2D eigenvalue weighted by atomic mass is 10.2. The Labute approximate surface area is 169 Å². The minimum atomic E-state index is -0.484. The predicted octanol–water partition coefficient (Wildman–Crippen LogP) is 1.88. The molecule has 0 bridgehead atoms. The number of nitrogens with zero attached hydrogens (tertiary/aromatic N) is 3. The van der Waals surface area contributed by atoms with Crippen molar-refractivity contribution in [1.82, 2.24) is 14.8 Å². The smallest absolute Gasteiger partial charge is 0.231 e. The van der Waals surface area contributed by atoms with Crippen molar-refractivity contribution < 1.29 is 19.3 Å². The lowest BCUT2D eigenvalue weighted by molar-refractivity contribution is 0.000787. The average Bonchev–Trinajstić information content (AvgIpc) is 3.31. The Morgan fingerprint density at radius 3 is 2.75 bits per heavy atom. The number of aliphatic hydroxyl groups excluding tert-OH is 1. The number of thiazole rings is 1. The first-order valence-electron chi connectivity index (χ1n) is 9.66. The average molecular weight is 406 g/mol. The van der Waals surface area contributed by atoms with Crippen LogP contribution in [0.1, 0.15) is 16.3 Å². The molecule has 28 heavy (non-hydrogen) atoms. The van der Waals surface area contributed by atoms with Crippen LogP contribution in [0, 0.1) is 6.92 Å². The highest BCUT2D eigenvalue weighted by Crippen LogP contribution is 2.32. The highest BCUT2D eigenvalue weighted by molar-refractivity contribution is 7.09. The maximum Gasteiger partial charge on any atom is 0.231 e. The molecule has 0 aliphatic carbocycles. The number of hydrogen-bond donors (Lipinski definition) is 1. The molecule has 1 aromatic carbocycles. The third kappa shape index (κ3) is 5.21. The number of β-amino-alcohol motifs (C(OH)–C–C–N with tert-alkyl or cyclic N) is 1. The van der Waals surface area contributed by atoms with E-state index in [-0.39, 0.29) is 6.79 Å². The van der Waals surface area contributed by atoms with Crippen molar-refractivity contribution in [3.05, 3.63) is 39.8 Å². The van der Waals surface area contributed by atoms with Crippen LogP contribution < -0.4 is 9.47 Å². The topological polar surface area (TPSA) is 67.3 Å². The van der Waals surface area contributed by atoms with Crippen molar-refractivity contribution >= 4 is 11.3 Å². The van der Waals surface area contributed by atoms with E-state index in [2.05, 4.69) is 20.2 Å². The van der Waals surface area contributed by atoms with Crippen LogP contribution in [-0.2, 0) is 17.9 Å². The van der Waals surface area contributed by atoms with Gasteiger partial charge >= 0.3 is 0 Å². The highest BCUT2D eigenvalue weighted by Gasteiger charge is 2.20. The third-order valence-corrected chi connectivity index (χ3v) is 5.82. The van der Waals surface area contributed by atoms with Gasteiger partial charge in [-0.2, -0.15) is 0 Å². The van der Waals surface area contributed by atoms with Gasteiger partial charge in [-0.15, -0.1) is 11.3 Å². The van der Waals surface area contributed by atoms with Crippen molar-refractivity contribution in [2.24, 2.45) is 0 Å². The van der Waals surface area contributed by atoms with Gasteiger partial charge < -0.3 is 19.3 Å². The molecule has 2 aliphatic rings. The number of piperazine rings is 1. The first-order chi connectivity index (χ1) is 13.7. The minimum absolute atomic E-state index is 0.273. The zero-order valence-corrected chi connectivity index (χ0v) is 17.0. The number of fused-ring (bicyclic) bond motifs is 1. The van der Waals surface area contributed by atoms with E-state index in [9.17, 15) is 5.11 Å². The number of aromatic nitrogens is 1. The number of aryl methyl sites for hydroxylation is 1. The van der Waals surface area contributed by atoms with E-state index in [0.29, 0.717) is 19.8 Å². The Morgan fingerprint density at radius 2 is 1.96 bits per heavy atom. The lowest BCUT2D eigenvalue weighted by Gasteiger charge is -2.35. The summed E-state index contributed by atoms with van der Waals surface area (Å²) < 4.78 is 16.4. The van der Waals surface area contributed by atoms with Gasteiger partial charge in [-0.25, -0.2) is 4.98 Å². The molecule has 1 saturated heterocycles. The second-order valence-electron chi connectivity index (χ2n) is 7.29. The number of benzene rings is 1. The molecule has 0 radical (unpaired) electrons. The van der Waals surface area contributed by atoms with Crippen molar-refractivity contribution in [3.63, 3.8) is 0 Å². The Kier molecular flexibility index (Phi) is 6.43. The van der Waals surface area contributed by atoms with Gasteiger partial charge in [0.1, 0.15) is 0 Å². The first-order valence-corrected chi connectivity index (χ1v) is 10.5. The molecular weight excluding hydrogens is 378 g/mol. The van der Waals surface area contributed by atoms with Crippen LogP contribution in [0.15, 0.2) is 23.6 Å². The summed E-state index contributed by atoms with van der Waals surface area (Å²) in [5.74, 6) is 1.53. The SMILES string of the molecule is Cc1nc(CN2CCN(CC(O)COCc3ccc4c(c3)OCO4)CC2)cs1. The van der Waals surface area contributed by atoms with Crippen LogP contribution in [-0.4, -0.2) is 72.1 Å². The van der Waals surface area contributed by atoms with Gasteiger partial charge in [-0.3, -0.25) is 9.80 Å². The normalized spacial score (nSPS) is 18.5. The Bertz CT molecular complexity index is 777. The largest absolute Gasteiger partial charge is 0.454 e. The summed E-state index contributed by atoms with van der Waals surface area (Å²) >= 11 is 1.71. The molecule has 3 heterocycles. The summed E-state index contributed by atoms with van der Waals surface area (Å²) in [5, 5.41) is 13.6. The van der Waals surface area contributed by atoms with Gasteiger partial charge in [-0.1, -0.05) is 6.07 Å². The lowest BCUT2D eigenvalue weighted by Crippen LogP contribution is -2.48. The summed E-state index contributed by atoms with van der Waals surface area (Å²) in [6.45, 7) is 8.58. The zero-order valence-electron chi connectivity index (χ0n) is 16.2. The predicted molar refractivity (Wildman–Crippen MR) is 107 cm³/mol. The standard InChI is InChI=1S/C20H27N3O4S/c1-15-21-17(13-28-15)9-22-4-6-23(7-5-22)10-18(24)12-25-11-16-2-3-19-20(8-16)27-14-26-19/h2-3,8,13,18,24H,4-7,9-12,14H2,1H3. The monoisotopic (exact) mass is 405 g/mol. The second kappa shape index (κ2) is 9.19. The number of hydrogen-bond acceptors (Lipinski definition) is 8. The van der Waals surface area contributed by atoms with E-state index >= 15 is 0 Å². The quantitative estimate of drug-likeness (QED) is 0.719. The van der Waals surface area contributed by atoms with E-state index < -0.39 is 6.10 Å². The fourth-order valence-corrected chi connectivity index (χ4v) is 4.14. The zero-order chi connectivity index (χ0) is 19.3. The van der Waals surface area contributed by atoms with Crippen LogP contribution >= 0.6 is 11.3 Å². The van der Waals surface area contributed by atoms with Crippen LogP contribution in [0.3, 0.4) is 0 Å². The molecule has 1 fully saturated rings. The van der Waals surface area contributed by atoms with Crippen molar-refractivity contribution in [1.29, 1.82) is 0 Å². The maximum absolute atomic E-state index is 10.3. The van der Waals surface area contributed by atoms with Crippen molar-refractivity contribution in [2.45, 2.75) is 26.2 Å². The molecule has 0 amide bonds. The summed E-state index contributed by atoms with van der Waals surface area (Å²) in [5.41, 5.74) is 2.18. The molecule has 7 nitrogen and oxygen atoms in total. The van der Waals surface area contributed by atoms with Crippen LogP contribution in [0.2, 0.25) is 0 Å². The molecular formula is C20H27N3O4S. The molecule has 152 valence electrons. The Balaban J connectivity index is 1.13. The molecule has 1 N–H and O–H groups in total. The second-order valence-corrected chi connectivity index (χ2v) is 8.35. The molecule has 8 heteroatoms. The molecule has 1 unspecified atom stereocenters. The van der Waals surface area contributed by atoms with E-state index in [4.69, 9.17) is 14.2 Å². The van der Waals surface area contributed by atoms with Crippen LogP contribution in [0.5, 0.6) is 11.5 Å². The summed E-state index contributed by atoms with van der Waals surface area (Å²) in [4.78, 5) is 9.27. The maximum atomic E-state index is 10.3. The van der Waals surface area contributed by atoms with Crippen molar-refractivity contribution in [3.8, 4) is 11.5 Å². The number of rotatable bonds is 8. The molecule has 2 aromatic rings. The van der Waals surface area contributed by atoms with Gasteiger partial charge in [0.25, 0.3) is 0 Å². The summed E-state index contributed by atoms with van der Waals surface area (Å²) in [6, 6.07) is 5.78. The highest BCUT2D eigenvalue weighted by atomic mass is 32.1. The molecule has 2 aliphatic heterocycles. The van der Waals surface area contributed by atoms with Gasteiger partial charge in [0.15, 0.2) is 11.5 Å². The number of aliphatic hydroxyl groups is 1. The fourth-order valence-electron chi connectivity index (χ4n) is 3.53. The first kappa shape index (κ1) is 19.6. The van der Waals surface area contributed by atoms with E-state index in [1.165, 1.54) is 0 Å². The molecule has 0 spiro atoms. The molecule has 1 atom stereocenters. The van der Waals surface area contributed by atoms with E-state index in [1.54, 1.807) is 11.3 Å². The van der Waals surface area contributed by atoms with Gasteiger partial charge in [0.05, 0.1) is 30.0 Å². The van der Waals surface area contributed by atoms with E-state index in [0.717, 1.165) is 60.5 Å². The van der Waals surface area contributed by atoms with Crippen LogP contribution in [0.4, 0.5) is 0 Å². The number of ether oxygens (including phenoxy) is 3. The van der Waals surface area contributed by atoms with Crippen molar-refractivity contribution in [2.75, 3.05) is 46.1 Å².